The topological polar surface area (TPSA) is 95.9 Å². The quantitative estimate of drug-likeness (QED) is 0.338. The van der Waals surface area contributed by atoms with Gasteiger partial charge in [-0.15, -0.1) is 0 Å². The van der Waals surface area contributed by atoms with Crippen LogP contribution in [0.3, 0.4) is 0 Å². The van der Waals surface area contributed by atoms with Gasteiger partial charge in [0.2, 0.25) is 5.88 Å². The lowest BCUT2D eigenvalue weighted by molar-refractivity contribution is 0.107. The number of phenols is 1. The smallest absolute Gasteiger partial charge is 0.319 e. The van der Waals surface area contributed by atoms with Crippen molar-refractivity contribution in [1.29, 1.82) is 0 Å². The van der Waals surface area contributed by atoms with E-state index in [-0.39, 0.29) is 17.3 Å². The normalized spacial score (nSPS) is 29.1. The van der Waals surface area contributed by atoms with Gasteiger partial charge in [0.15, 0.2) is 0 Å². The van der Waals surface area contributed by atoms with Crippen LogP contribution in [0.5, 0.6) is 17.6 Å². The number of aryl methyl sites for hydroxylation is 1. The third-order valence-corrected chi connectivity index (χ3v) is 10.8. The molecule has 5 atom stereocenters. The molecule has 44 heavy (non-hydrogen) atoms. The zero-order chi connectivity index (χ0) is 29.6. The minimum Gasteiger partial charge on any atom is -0.508 e. The van der Waals surface area contributed by atoms with Gasteiger partial charge in [0.25, 0.3) is 0 Å². The van der Waals surface area contributed by atoms with Gasteiger partial charge in [-0.1, -0.05) is 25.1 Å². The third-order valence-electron chi connectivity index (χ3n) is 10.8. The van der Waals surface area contributed by atoms with Crippen molar-refractivity contribution in [3.63, 3.8) is 0 Å². The number of anilines is 1. The van der Waals surface area contributed by atoms with Crippen LogP contribution in [-0.4, -0.2) is 87.6 Å². The molecule has 0 aliphatic carbocycles. The highest BCUT2D eigenvalue weighted by molar-refractivity contribution is 6.02. The summed E-state index contributed by atoms with van der Waals surface area (Å²) < 4.78 is 27.5. The molecule has 0 spiro atoms. The van der Waals surface area contributed by atoms with Crippen LogP contribution in [0.1, 0.15) is 44.6 Å². The molecule has 228 valence electrons. The minimum atomic E-state index is -0.823. The highest BCUT2D eigenvalue weighted by atomic mass is 19.1. The fourth-order valence-corrected chi connectivity index (χ4v) is 8.73. The Morgan fingerprint density at radius 1 is 1.14 bits per heavy atom. The van der Waals surface area contributed by atoms with Crippen molar-refractivity contribution in [2.24, 2.45) is 0 Å². The molecule has 2 bridgehead atoms. The third kappa shape index (κ3) is 4.06. The van der Waals surface area contributed by atoms with Gasteiger partial charge in [-0.05, 0) is 73.2 Å². The van der Waals surface area contributed by atoms with Crippen LogP contribution in [0.4, 0.5) is 10.2 Å². The Hall–Kier alpha value is -3.76. The van der Waals surface area contributed by atoms with Crippen molar-refractivity contribution < 1.29 is 19.0 Å². The van der Waals surface area contributed by atoms with E-state index >= 15 is 0 Å². The maximum atomic E-state index is 14.5. The summed E-state index contributed by atoms with van der Waals surface area (Å²) in [6.45, 7) is 5.21. The maximum Gasteiger partial charge on any atom is 0.319 e. The first-order valence-electron chi connectivity index (χ1n) is 16.1. The van der Waals surface area contributed by atoms with Gasteiger partial charge in [-0.3, -0.25) is 4.90 Å². The van der Waals surface area contributed by atoms with Crippen molar-refractivity contribution in [3.05, 3.63) is 42.0 Å². The first kappa shape index (κ1) is 26.6. The van der Waals surface area contributed by atoms with E-state index in [2.05, 4.69) is 28.1 Å². The molecule has 5 aliphatic rings. The molecule has 5 aliphatic heterocycles. The van der Waals surface area contributed by atoms with E-state index in [1.54, 1.807) is 12.1 Å². The van der Waals surface area contributed by atoms with Crippen LogP contribution in [0.15, 0.2) is 36.4 Å². The fourth-order valence-electron chi connectivity index (χ4n) is 8.73. The maximum absolute atomic E-state index is 14.5. The fraction of sp³-hybridized carbons (Fsp3) is 0.500. The number of aromatic nitrogens is 3. The first-order valence-corrected chi connectivity index (χ1v) is 16.1. The van der Waals surface area contributed by atoms with Crippen molar-refractivity contribution in [2.75, 3.05) is 37.7 Å². The van der Waals surface area contributed by atoms with Gasteiger partial charge in [0.05, 0.1) is 22.8 Å². The Bertz CT molecular complexity index is 1800. The summed E-state index contributed by atoms with van der Waals surface area (Å²) >= 11 is 0. The van der Waals surface area contributed by atoms with Crippen molar-refractivity contribution in [3.8, 4) is 28.9 Å². The summed E-state index contributed by atoms with van der Waals surface area (Å²) in [5.41, 5.74) is 3.10. The lowest BCUT2D eigenvalue weighted by Gasteiger charge is -2.40. The van der Waals surface area contributed by atoms with E-state index in [0.717, 1.165) is 72.7 Å². The molecule has 0 saturated carbocycles. The van der Waals surface area contributed by atoms with E-state index < -0.39 is 6.17 Å². The Kier molecular flexibility index (Phi) is 5.97. The predicted octanol–water partition coefficient (Wildman–Crippen LogP) is 4.77. The molecule has 9 rings (SSSR count). The Morgan fingerprint density at radius 2 is 2.07 bits per heavy atom. The van der Waals surface area contributed by atoms with E-state index in [1.165, 1.54) is 5.56 Å². The number of aromatic hydroxyl groups is 1. The number of piperazine rings is 1. The average Bonchev–Trinajstić information content (AvgIpc) is 3.66. The molecule has 2 aromatic carbocycles. The standard InChI is InChI=1S/C34H37FN6O3/c1-2-19-5-3-6-20-11-23(42)12-24(29(19)20)26-13-27-30-31(41-16-22-7-8-25(36-22)28(41)17-43-32(30)37-26)39-33(38-27)44-18-34-9-4-10-40(34)15-21(35)14-34/h3,5-6,11-13,21-22,25,28,36,42H,2,4,7-10,14-18H2,1H3/t21-,22+,25-,28+,34+/m0/s1. The summed E-state index contributed by atoms with van der Waals surface area (Å²) in [4.78, 5) is 19.7. The second-order valence-corrected chi connectivity index (χ2v) is 13.3. The zero-order valence-corrected chi connectivity index (χ0v) is 24.9. The Labute approximate surface area is 255 Å². The van der Waals surface area contributed by atoms with E-state index in [9.17, 15) is 9.50 Å². The summed E-state index contributed by atoms with van der Waals surface area (Å²) in [7, 11) is 0. The first-order chi connectivity index (χ1) is 21.5. The van der Waals surface area contributed by atoms with Gasteiger partial charge in [0.1, 0.15) is 36.3 Å². The minimum absolute atomic E-state index is 0.108. The number of benzene rings is 2. The molecule has 2 aromatic heterocycles. The van der Waals surface area contributed by atoms with Crippen LogP contribution in [0, 0.1) is 0 Å². The van der Waals surface area contributed by atoms with Gasteiger partial charge >= 0.3 is 6.01 Å². The van der Waals surface area contributed by atoms with Crippen LogP contribution in [0.25, 0.3) is 32.9 Å². The number of nitrogens with one attached hydrogen (secondary N) is 1. The number of pyridine rings is 1. The molecule has 0 unspecified atom stereocenters. The molecule has 4 saturated heterocycles. The van der Waals surface area contributed by atoms with Crippen LogP contribution in [-0.2, 0) is 6.42 Å². The van der Waals surface area contributed by atoms with E-state index in [0.29, 0.717) is 61.4 Å². The lowest BCUT2D eigenvalue weighted by atomic mass is 9.95. The second-order valence-electron chi connectivity index (χ2n) is 13.3. The van der Waals surface area contributed by atoms with Gasteiger partial charge in [-0.2, -0.15) is 9.97 Å². The largest absolute Gasteiger partial charge is 0.508 e. The molecular weight excluding hydrogens is 559 g/mol. The number of alkyl halides is 1. The van der Waals surface area contributed by atoms with Crippen molar-refractivity contribution in [2.45, 2.75) is 75.3 Å². The number of fused-ring (bicyclic) bond motifs is 7. The summed E-state index contributed by atoms with van der Waals surface area (Å²) in [6, 6.07) is 12.9. The number of halogens is 1. The number of rotatable bonds is 5. The molecule has 4 aromatic rings. The summed E-state index contributed by atoms with van der Waals surface area (Å²) in [5, 5.41) is 17.3. The van der Waals surface area contributed by atoms with E-state index in [1.807, 2.05) is 18.2 Å². The molecular formula is C34H37FN6O3. The number of hydrogen-bond donors (Lipinski definition) is 2. The lowest BCUT2D eigenvalue weighted by Crippen LogP contribution is -2.60. The number of hydrogen-bond acceptors (Lipinski definition) is 9. The highest BCUT2D eigenvalue weighted by Gasteiger charge is 2.50. The zero-order valence-electron chi connectivity index (χ0n) is 24.9. The molecule has 9 nitrogen and oxygen atoms in total. The molecule has 0 amide bonds. The van der Waals surface area contributed by atoms with Crippen molar-refractivity contribution >= 4 is 27.5 Å². The van der Waals surface area contributed by atoms with Gasteiger partial charge in [0, 0.05) is 37.2 Å². The molecule has 10 heteroatoms. The Balaban J connectivity index is 1.21. The van der Waals surface area contributed by atoms with E-state index in [4.69, 9.17) is 24.4 Å². The predicted molar refractivity (Wildman–Crippen MR) is 166 cm³/mol. The average molecular weight is 597 g/mol. The van der Waals surface area contributed by atoms with Gasteiger partial charge < -0.3 is 24.8 Å². The molecule has 4 fully saturated rings. The summed E-state index contributed by atoms with van der Waals surface area (Å²) in [5.74, 6) is 1.49. The molecule has 7 heterocycles. The summed E-state index contributed by atoms with van der Waals surface area (Å²) in [6.07, 6.45) is 4.73. The second kappa shape index (κ2) is 9.87. The van der Waals surface area contributed by atoms with Crippen LogP contribution >= 0.6 is 0 Å². The van der Waals surface area contributed by atoms with Gasteiger partial charge in [-0.25, -0.2) is 9.37 Å². The highest BCUT2D eigenvalue weighted by Crippen LogP contribution is 2.44. The number of ether oxygens (including phenoxy) is 2. The van der Waals surface area contributed by atoms with Crippen LogP contribution < -0.4 is 19.7 Å². The number of nitrogens with zero attached hydrogens (tertiary/aromatic N) is 5. The molecule has 2 N–H and O–H groups in total. The SMILES string of the molecule is CCc1cccc2cc(O)cc(-c3cc4nc(OC[C@]56CCCN5C[C@@H](F)C6)nc5c4c(n3)OC[C@@H]3[C@@H]4CC[C@H](CN53)N4)c12. The van der Waals surface area contributed by atoms with Crippen molar-refractivity contribution in [1.82, 2.24) is 25.2 Å². The van der Waals surface area contributed by atoms with Crippen LogP contribution in [0.2, 0.25) is 0 Å². The monoisotopic (exact) mass is 596 g/mol. The number of phenolic OH excluding ortho intramolecular Hbond substituents is 1. The Morgan fingerprint density at radius 3 is 2.98 bits per heavy atom. The molecule has 0 radical (unpaired) electrons.